The predicted molar refractivity (Wildman–Crippen MR) is 93.8 cm³/mol. The van der Waals surface area contributed by atoms with Crippen molar-refractivity contribution in [3.05, 3.63) is 64.7 Å². The Labute approximate surface area is 151 Å². The maximum atomic E-state index is 12.8. The van der Waals surface area contributed by atoms with E-state index in [1.165, 1.54) is 6.92 Å². The molecule has 134 valence electrons. The molecule has 3 rings (SSSR count). The van der Waals surface area contributed by atoms with Gasteiger partial charge in [0.15, 0.2) is 5.78 Å². The van der Waals surface area contributed by atoms with E-state index in [2.05, 4.69) is 0 Å². The number of ether oxygens (including phenoxy) is 1. The van der Waals surface area contributed by atoms with Gasteiger partial charge in [0.2, 0.25) is 5.91 Å². The summed E-state index contributed by atoms with van der Waals surface area (Å²) in [4.78, 5) is 37.0. The number of aliphatic hydroxyl groups is 1. The molecule has 2 aromatic rings. The molecule has 0 atom stereocenters. The Balaban J connectivity index is 1.84. The van der Waals surface area contributed by atoms with Crippen LogP contribution in [0.15, 0.2) is 42.5 Å². The van der Waals surface area contributed by atoms with Gasteiger partial charge in [-0.3, -0.25) is 19.3 Å². The summed E-state index contributed by atoms with van der Waals surface area (Å²) in [7, 11) is 0. The van der Waals surface area contributed by atoms with Crippen molar-refractivity contribution in [2.45, 2.75) is 20.0 Å². The van der Waals surface area contributed by atoms with E-state index in [1.807, 2.05) is 24.3 Å². The molecule has 2 aromatic carbocycles. The molecule has 1 aliphatic heterocycles. The van der Waals surface area contributed by atoms with Crippen LogP contribution in [0.4, 0.5) is 0 Å². The summed E-state index contributed by atoms with van der Waals surface area (Å²) in [5.41, 5.74) is 2.73. The summed E-state index contributed by atoms with van der Waals surface area (Å²) in [5, 5.41) is 8.96. The monoisotopic (exact) mass is 353 g/mol. The summed E-state index contributed by atoms with van der Waals surface area (Å²) in [5.74, 6) is -0.651. The van der Waals surface area contributed by atoms with Gasteiger partial charge < -0.3 is 9.84 Å². The van der Waals surface area contributed by atoms with Crippen LogP contribution >= 0.6 is 0 Å². The van der Waals surface area contributed by atoms with Crippen LogP contribution in [0.3, 0.4) is 0 Å². The van der Waals surface area contributed by atoms with Crippen molar-refractivity contribution in [2.75, 3.05) is 13.2 Å². The second-order valence-corrected chi connectivity index (χ2v) is 6.08. The molecule has 0 bridgehead atoms. The number of fused-ring (bicyclic) bond motifs is 2. The first-order chi connectivity index (χ1) is 12.5. The third-order valence-electron chi connectivity index (χ3n) is 4.37. The van der Waals surface area contributed by atoms with Crippen molar-refractivity contribution in [3.8, 4) is 5.75 Å². The summed E-state index contributed by atoms with van der Waals surface area (Å²) >= 11 is 0. The fourth-order valence-electron chi connectivity index (χ4n) is 2.99. The van der Waals surface area contributed by atoms with Crippen LogP contribution in [0.5, 0.6) is 5.75 Å². The van der Waals surface area contributed by atoms with Crippen molar-refractivity contribution in [3.63, 3.8) is 0 Å². The van der Waals surface area contributed by atoms with Gasteiger partial charge in [0.1, 0.15) is 19.0 Å². The molecular weight excluding hydrogens is 334 g/mol. The van der Waals surface area contributed by atoms with Crippen LogP contribution in [-0.2, 0) is 22.6 Å². The molecule has 0 aromatic heterocycles. The number of aliphatic hydroxyl groups excluding tert-OH is 1. The molecule has 1 heterocycles. The smallest absolute Gasteiger partial charge is 0.254 e. The van der Waals surface area contributed by atoms with E-state index in [-0.39, 0.29) is 12.3 Å². The number of imide groups is 1. The molecule has 0 aliphatic carbocycles. The van der Waals surface area contributed by atoms with Crippen LogP contribution in [0.2, 0.25) is 0 Å². The molecule has 0 spiro atoms. The zero-order valence-electron chi connectivity index (χ0n) is 14.4. The first kappa shape index (κ1) is 17.8. The minimum absolute atomic E-state index is 0.107. The number of ketones is 1. The lowest BCUT2D eigenvalue weighted by Gasteiger charge is -2.18. The maximum Gasteiger partial charge on any atom is 0.254 e. The molecular formula is C20H19NO5. The first-order valence-electron chi connectivity index (χ1n) is 8.31. The fraction of sp³-hybridized carbons (Fsp3) is 0.250. The van der Waals surface area contributed by atoms with Gasteiger partial charge in [-0.1, -0.05) is 30.3 Å². The van der Waals surface area contributed by atoms with Gasteiger partial charge in [0.05, 0.1) is 5.56 Å². The van der Waals surface area contributed by atoms with E-state index in [0.29, 0.717) is 29.9 Å². The molecule has 1 aliphatic rings. The van der Waals surface area contributed by atoms with Gasteiger partial charge in [-0.15, -0.1) is 0 Å². The largest absolute Gasteiger partial charge is 0.488 e. The molecule has 6 heteroatoms. The standard InChI is InChI=1S/C20H19NO5/c1-13(23)21(19(24)11-22)9-8-14-6-7-18-17(10-14)20(25)16-5-3-2-4-15(16)12-26-18/h2-7,10,22H,8-9,11-12H2,1H3. The van der Waals surface area contributed by atoms with E-state index in [4.69, 9.17) is 9.84 Å². The maximum absolute atomic E-state index is 12.8. The molecule has 2 amide bonds. The van der Waals surface area contributed by atoms with Crippen LogP contribution in [-0.4, -0.2) is 40.8 Å². The third-order valence-corrected chi connectivity index (χ3v) is 4.37. The van der Waals surface area contributed by atoms with Crippen molar-refractivity contribution >= 4 is 17.6 Å². The Morgan fingerprint density at radius 2 is 1.92 bits per heavy atom. The minimum Gasteiger partial charge on any atom is -0.488 e. The number of carbonyl (C=O) groups is 3. The zero-order valence-corrected chi connectivity index (χ0v) is 14.4. The molecule has 0 radical (unpaired) electrons. The number of nitrogens with zero attached hydrogens (tertiary/aromatic N) is 1. The number of benzene rings is 2. The number of hydrogen-bond donors (Lipinski definition) is 1. The Hall–Kier alpha value is -2.99. The SMILES string of the molecule is CC(=O)N(CCc1ccc2c(c1)C(=O)c1ccccc1CO2)C(=O)CO. The lowest BCUT2D eigenvalue weighted by Crippen LogP contribution is -2.38. The predicted octanol–water partition coefficient (Wildman–Crippen LogP) is 1.72. The lowest BCUT2D eigenvalue weighted by molar-refractivity contribution is -0.145. The fourth-order valence-corrected chi connectivity index (χ4v) is 2.99. The van der Waals surface area contributed by atoms with Gasteiger partial charge in [-0.2, -0.15) is 0 Å². The van der Waals surface area contributed by atoms with Crippen LogP contribution in [0, 0.1) is 0 Å². The summed E-state index contributed by atoms with van der Waals surface area (Å²) in [6.07, 6.45) is 0.382. The van der Waals surface area contributed by atoms with Gasteiger partial charge in [-0.05, 0) is 24.1 Å². The molecule has 6 nitrogen and oxygen atoms in total. The summed E-state index contributed by atoms with van der Waals surface area (Å²) in [6, 6.07) is 12.6. The third kappa shape index (κ3) is 3.50. The Morgan fingerprint density at radius 1 is 1.15 bits per heavy atom. The van der Waals surface area contributed by atoms with E-state index < -0.39 is 18.4 Å². The number of rotatable bonds is 4. The van der Waals surface area contributed by atoms with E-state index in [0.717, 1.165) is 16.0 Å². The Kier molecular flexibility index (Phi) is 5.14. The van der Waals surface area contributed by atoms with Gasteiger partial charge in [0, 0.05) is 24.6 Å². The minimum atomic E-state index is -0.715. The highest BCUT2D eigenvalue weighted by Crippen LogP contribution is 2.29. The van der Waals surface area contributed by atoms with Gasteiger partial charge in [0.25, 0.3) is 5.91 Å². The van der Waals surface area contributed by atoms with Crippen molar-refractivity contribution in [1.29, 1.82) is 0 Å². The molecule has 0 fully saturated rings. The van der Waals surface area contributed by atoms with Crippen LogP contribution in [0.25, 0.3) is 0 Å². The van der Waals surface area contributed by atoms with Gasteiger partial charge >= 0.3 is 0 Å². The average Bonchev–Trinajstić information content (AvgIpc) is 2.79. The molecule has 26 heavy (non-hydrogen) atoms. The normalized spacial score (nSPS) is 12.5. The second-order valence-electron chi connectivity index (χ2n) is 6.08. The topological polar surface area (TPSA) is 83.9 Å². The quantitative estimate of drug-likeness (QED) is 0.905. The van der Waals surface area contributed by atoms with Crippen molar-refractivity contribution < 1.29 is 24.2 Å². The highest BCUT2D eigenvalue weighted by molar-refractivity contribution is 6.12. The Bertz CT molecular complexity index is 874. The van der Waals surface area contributed by atoms with Crippen molar-refractivity contribution in [1.82, 2.24) is 4.90 Å². The summed E-state index contributed by atoms with van der Waals surface area (Å²) < 4.78 is 5.75. The number of amides is 2. The highest BCUT2D eigenvalue weighted by Gasteiger charge is 2.23. The van der Waals surface area contributed by atoms with E-state index >= 15 is 0 Å². The number of hydrogen-bond acceptors (Lipinski definition) is 5. The number of carbonyl (C=O) groups excluding carboxylic acids is 3. The Morgan fingerprint density at radius 3 is 2.65 bits per heavy atom. The van der Waals surface area contributed by atoms with Crippen LogP contribution in [0.1, 0.15) is 34.0 Å². The zero-order chi connectivity index (χ0) is 18.7. The average molecular weight is 353 g/mol. The first-order valence-corrected chi connectivity index (χ1v) is 8.31. The molecule has 0 saturated carbocycles. The van der Waals surface area contributed by atoms with Gasteiger partial charge in [-0.25, -0.2) is 0 Å². The lowest BCUT2D eigenvalue weighted by atomic mass is 9.97. The molecule has 1 N–H and O–H groups in total. The van der Waals surface area contributed by atoms with Crippen LogP contribution < -0.4 is 4.74 Å². The summed E-state index contributed by atoms with van der Waals surface area (Å²) in [6.45, 7) is 1.03. The highest BCUT2D eigenvalue weighted by atomic mass is 16.5. The molecule has 0 saturated heterocycles. The molecule has 0 unspecified atom stereocenters. The van der Waals surface area contributed by atoms with E-state index in [9.17, 15) is 14.4 Å². The second kappa shape index (κ2) is 7.49. The van der Waals surface area contributed by atoms with Crippen molar-refractivity contribution in [2.24, 2.45) is 0 Å². The van der Waals surface area contributed by atoms with E-state index in [1.54, 1.807) is 18.2 Å².